The highest BCUT2D eigenvalue weighted by atomic mass is 16.3. The van der Waals surface area contributed by atoms with Crippen LogP contribution in [0.5, 0.6) is 0 Å². The minimum atomic E-state index is -0.250. The molecule has 28 heavy (non-hydrogen) atoms. The lowest BCUT2D eigenvalue weighted by Crippen LogP contribution is -2.40. The third-order valence-corrected chi connectivity index (χ3v) is 4.69. The van der Waals surface area contributed by atoms with E-state index in [2.05, 4.69) is 32.2 Å². The van der Waals surface area contributed by atoms with E-state index in [0.717, 1.165) is 50.3 Å². The van der Waals surface area contributed by atoms with Gasteiger partial charge in [-0.1, -0.05) is 6.92 Å². The molecule has 2 N–H and O–H groups in total. The first-order chi connectivity index (χ1) is 13.6. The molecular formula is C19H28N6O3. The molecule has 0 bridgehead atoms. The number of piperidine rings is 1. The fourth-order valence-electron chi connectivity index (χ4n) is 3.29. The number of nitrogens with zero attached hydrogens (tertiary/aromatic N) is 5. The predicted molar refractivity (Wildman–Crippen MR) is 104 cm³/mol. The van der Waals surface area contributed by atoms with Crippen molar-refractivity contribution in [2.24, 2.45) is 13.0 Å². The van der Waals surface area contributed by atoms with Crippen LogP contribution >= 0.6 is 0 Å². The van der Waals surface area contributed by atoms with E-state index < -0.39 is 0 Å². The van der Waals surface area contributed by atoms with Crippen LogP contribution in [0.3, 0.4) is 0 Å². The molecule has 1 fully saturated rings. The Morgan fingerprint density at radius 3 is 2.71 bits per heavy atom. The van der Waals surface area contributed by atoms with Crippen molar-refractivity contribution in [1.29, 1.82) is 0 Å². The normalized spacial score (nSPS) is 16.7. The fraction of sp³-hybridized carbons (Fsp3) is 0.526. The maximum Gasteiger partial charge on any atom is 0.290 e. The molecule has 9 heteroatoms. The Labute approximate surface area is 164 Å². The molecular weight excluding hydrogens is 360 g/mol. The zero-order chi connectivity index (χ0) is 20.4. The van der Waals surface area contributed by atoms with Crippen LogP contribution in [0.4, 0.5) is 0 Å². The predicted octanol–water partition coefficient (Wildman–Crippen LogP) is 1.12. The van der Waals surface area contributed by atoms with E-state index in [4.69, 9.17) is 9.90 Å². The molecule has 1 unspecified atom stereocenters. The number of hydrogen-bond donors (Lipinski definition) is 2. The van der Waals surface area contributed by atoms with Gasteiger partial charge in [-0.15, -0.1) is 0 Å². The Bertz CT molecular complexity index is 746. The molecule has 3 heterocycles. The van der Waals surface area contributed by atoms with Gasteiger partial charge in [0.15, 0.2) is 0 Å². The number of carbonyl (C=O) groups excluding carboxylic acids is 1. The topological polar surface area (TPSA) is 113 Å². The number of rotatable bonds is 6. The first-order valence-electron chi connectivity index (χ1n) is 9.43. The fourth-order valence-corrected chi connectivity index (χ4v) is 3.29. The minimum Gasteiger partial charge on any atom is -0.483 e. The summed E-state index contributed by atoms with van der Waals surface area (Å²) in [5.41, 5.74) is 1.75. The third kappa shape index (κ3) is 6.41. The van der Waals surface area contributed by atoms with Gasteiger partial charge in [0.25, 0.3) is 12.4 Å². The van der Waals surface area contributed by atoms with E-state index in [9.17, 15) is 4.79 Å². The van der Waals surface area contributed by atoms with Crippen molar-refractivity contribution >= 4 is 12.4 Å². The van der Waals surface area contributed by atoms with Gasteiger partial charge in [-0.05, 0) is 31.4 Å². The van der Waals surface area contributed by atoms with Crippen LogP contribution < -0.4 is 5.32 Å². The summed E-state index contributed by atoms with van der Waals surface area (Å²) in [4.78, 5) is 31.7. The lowest BCUT2D eigenvalue weighted by Gasteiger charge is -2.32. The van der Waals surface area contributed by atoms with Crippen molar-refractivity contribution in [3.63, 3.8) is 0 Å². The number of nitrogens with one attached hydrogen (secondary N) is 1. The largest absolute Gasteiger partial charge is 0.483 e. The van der Waals surface area contributed by atoms with E-state index in [0.29, 0.717) is 18.2 Å². The van der Waals surface area contributed by atoms with Gasteiger partial charge in [0.2, 0.25) is 0 Å². The van der Waals surface area contributed by atoms with Crippen LogP contribution in [-0.4, -0.2) is 61.8 Å². The first-order valence-corrected chi connectivity index (χ1v) is 9.43. The van der Waals surface area contributed by atoms with Crippen molar-refractivity contribution in [3.8, 4) is 0 Å². The smallest absolute Gasteiger partial charge is 0.290 e. The van der Waals surface area contributed by atoms with Crippen LogP contribution in [0.15, 0.2) is 24.7 Å². The van der Waals surface area contributed by atoms with Gasteiger partial charge in [0.1, 0.15) is 11.5 Å². The summed E-state index contributed by atoms with van der Waals surface area (Å²) < 4.78 is 1.60. The zero-order valence-corrected chi connectivity index (χ0v) is 16.4. The summed E-state index contributed by atoms with van der Waals surface area (Å²) >= 11 is 0. The van der Waals surface area contributed by atoms with Crippen molar-refractivity contribution < 1.29 is 14.7 Å². The molecule has 0 saturated carbocycles. The lowest BCUT2D eigenvalue weighted by molar-refractivity contribution is -0.122. The van der Waals surface area contributed by atoms with E-state index in [1.54, 1.807) is 24.0 Å². The maximum absolute atomic E-state index is 12.2. The standard InChI is InChI=1S/C18H26N6O.CH2O2/c1-3-17-19-10-15(11-20-17)13-24-8-4-5-14(12-24)9-21-18(25)16-6-7-22-23(16)2;2-1-3/h6-7,10-11,14H,3-5,8-9,12-13H2,1-2H3,(H,21,25);1H,(H,2,3). The molecule has 9 nitrogen and oxygen atoms in total. The van der Waals surface area contributed by atoms with Crippen LogP contribution in [0, 0.1) is 5.92 Å². The van der Waals surface area contributed by atoms with E-state index in [-0.39, 0.29) is 12.4 Å². The summed E-state index contributed by atoms with van der Waals surface area (Å²) in [6, 6.07) is 1.74. The second-order valence-corrected chi connectivity index (χ2v) is 6.76. The Kier molecular flexibility index (Phi) is 8.54. The Hall–Kier alpha value is -2.81. The summed E-state index contributed by atoms with van der Waals surface area (Å²) in [6.45, 7) is 5.45. The number of likely N-dealkylation sites (tertiary alicyclic amines) is 1. The highest BCUT2D eigenvalue weighted by molar-refractivity contribution is 5.92. The molecule has 0 aromatic carbocycles. The monoisotopic (exact) mass is 388 g/mol. The average molecular weight is 388 g/mol. The number of aryl methyl sites for hydroxylation is 2. The van der Waals surface area contributed by atoms with Gasteiger partial charge >= 0.3 is 0 Å². The van der Waals surface area contributed by atoms with Gasteiger partial charge in [-0.3, -0.25) is 19.2 Å². The van der Waals surface area contributed by atoms with Crippen LogP contribution in [0.25, 0.3) is 0 Å². The van der Waals surface area contributed by atoms with Crippen molar-refractivity contribution in [3.05, 3.63) is 41.7 Å². The Morgan fingerprint density at radius 1 is 1.39 bits per heavy atom. The minimum absolute atomic E-state index is 0.0549. The van der Waals surface area contributed by atoms with Gasteiger partial charge in [-0.25, -0.2) is 9.97 Å². The quantitative estimate of drug-likeness (QED) is 0.713. The summed E-state index contributed by atoms with van der Waals surface area (Å²) in [6.07, 6.45) is 8.67. The molecule has 2 aromatic heterocycles. The van der Waals surface area contributed by atoms with Crippen LogP contribution in [-0.2, 0) is 24.8 Å². The molecule has 0 spiro atoms. The van der Waals surface area contributed by atoms with Crippen LogP contribution in [0.1, 0.15) is 41.6 Å². The summed E-state index contributed by atoms with van der Waals surface area (Å²) in [5.74, 6) is 1.31. The van der Waals surface area contributed by atoms with E-state index in [1.165, 1.54) is 0 Å². The molecule has 0 aliphatic carbocycles. The maximum atomic E-state index is 12.2. The molecule has 1 saturated heterocycles. The number of carbonyl (C=O) groups is 2. The van der Waals surface area contributed by atoms with Crippen molar-refractivity contribution in [2.45, 2.75) is 32.7 Å². The number of hydrogen-bond acceptors (Lipinski definition) is 6. The molecule has 1 aliphatic heterocycles. The van der Waals surface area contributed by atoms with Gasteiger partial charge in [0, 0.05) is 57.3 Å². The highest BCUT2D eigenvalue weighted by Gasteiger charge is 2.21. The van der Waals surface area contributed by atoms with E-state index >= 15 is 0 Å². The molecule has 152 valence electrons. The Balaban J connectivity index is 0.000000878. The molecule has 1 atom stereocenters. The average Bonchev–Trinajstić information content (AvgIpc) is 3.14. The molecule has 3 rings (SSSR count). The Morgan fingerprint density at radius 2 is 2.11 bits per heavy atom. The summed E-state index contributed by atoms with van der Waals surface area (Å²) in [7, 11) is 1.78. The first kappa shape index (κ1) is 21.5. The molecule has 0 radical (unpaired) electrons. The van der Waals surface area contributed by atoms with E-state index in [1.807, 2.05) is 12.4 Å². The third-order valence-electron chi connectivity index (χ3n) is 4.69. The van der Waals surface area contributed by atoms with Gasteiger partial charge in [-0.2, -0.15) is 5.10 Å². The number of aromatic nitrogens is 4. The number of amides is 1. The second kappa shape index (κ2) is 11.1. The van der Waals surface area contributed by atoms with Gasteiger partial charge < -0.3 is 10.4 Å². The number of carboxylic acid groups (broad SMARTS) is 1. The summed E-state index contributed by atoms with van der Waals surface area (Å²) in [5, 5.41) is 14.0. The second-order valence-electron chi connectivity index (χ2n) is 6.76. The molecule has 1 amide bonds. The van der Waals surface area contributed by atoms with Crippen LogP contribution in [0.2, 0.25) is 0 Å². The lowest BCUT2D eigenvalue weighted by atomic mass is 9.97. The zero-order valence-electron chi connectivity index (χ0n) is 16.4. The SMILES string of the molecule is CCc1ncc(CN2CCCC(CNC(=O)c3ccnn3C)C2)cn1.O=CO. The molecule has 2 aromatic rings. The van der Waals surface area contributed by atoms with Crippen molar-refractivity contribution in [2.75, 3.05) is 19.6 Å². The highest BCUT2D eigenvalue weighted by Crippen LogP contribution is 2.18. The van der Waals surface area contributed by atoms with Gasteiger partial charge in [0.05, 0.1) is 0 Å². The molecule has 1 aliphatic rings. The van der Waals surface area contributed by atoms with Crippen molar-refractivity contribution in [1.82, 2.24) is 30.0 Å².